The summed E-state index contributed by atoms with van der Waals surface area (Å²) in [5.41, 5.74) is 9.17. The van der Waals surface area contributed by atoms with Crippen LogP contribution in [-0.2, 0) is 4.79 Å². The van der Waals surface area contributed by atoms with Crippen molar-refractivity contribution in [3.63, 3.8) is 0 Å². The number of nitrogens with two attached hydrogens (primary N) is 1. The van der Waals surface area contributed by atoms with Crippen LogP contribution in [0.2, 0.25) is 0 Å². The van der Waals surface area contributed by atoms with E-state index in [9.17, 15) is 4.79 Å². The van der Waals surface area contributed by atoms with Gasteiger partial charge in [-0.1, -0.05) is 22.0 Å². The van der Waals surface area contributed by atoms with Crippen molar-refractivity contribution in [1.29, 1.82) is 0 Å². The van der Waals surface area contributed by atoms with E-state index in [0.29, 0.717) is 5.69 Å². The lowest BCUT2D eigenvalue weighted by molar-refractivity contribution is -0.115. The molecule has 2 aromatic carbocycles. The van der Waals surface area contributed by atoms with Crippen molar-refractivity contribution in [2.75, 3.05) is 22.5 Å². The maximum Gasteiger partial charge on any atom is 0.244 e. The van der Waals surface area contributed by atoms with Crippen LogP contribution in [0.5, 0.6) is 0 Å². The van der Waals surface area contributed by atoms with Crippen molar-refractivity contribution >= 4 is 44.6 Å². The minimum absolute atomic E-state index is 0.0342. The van der Waals surface area contributed by atoms with Crippen molar-refractivity contribution in [3.8, 4) is 0 Å². The molecule has 0 aliphatic carbocycles. The van der Waals surface area contributed by atoms with E-state index in [1.165, 1.54) is 0 Å². The monoisotopic (exact) mass is 317 g/mol. The highest BCUT2D eigenvalue weighted by Gasteiger charge is 2.23. The second kappa shape index (κ2) is 4.59. The summed E-state index contributed by atoms with van der Waals surface area (Å²) in [5.74, 6) is -0.0342. The summed E-state index contributed by atoms with van der Waals surface area (Å²) in [7, 11) is 0. The Balaban J connectivity index is 2.11. The molecule has 1 aliphatic rings. The smallest absolute Gasteiger partial charge is 0.244 e. The van der Waals surface area contributed by atoms with E-state index in [0.717, 1.165) is 21.5 Å². The molecule has 0 saturated heterocycles. The van der Waals surface area contributed by atoms with Gasteiger partial charge in [-0.05, 0) is 36.4 Å². The summed E-state index contributed by atoms with van der Waals surface area (Å²) < 4.78 is 0.931. The fourth-order valence-electron chi connectivity index (χ4n) is 2.19. The fraction of sp³-hybridized carbons (Fsp3) is 0.0714. The van der Waals surface area contributed by atoms with E-state index in [1.54, 1.807) is 0 Å². The molecule has 96 valence electrons. The van der Waals surface area contributed by atoms with Gasteiger partial charge >= 0.3 is 0 Å². The number of amides is 1. The molecule has 5 heteroatoms. The number of hydrogen-bond acceptors (Lipinski definition) is 3. The predicted molar refractivity (Wildman–Crippen MR) is 80.6 cm³/mol. The summed E-state index contributed by atoms with van der Waals surface area (Å²) >= 11 is 3.41. The number of benzene rings is 2. The quantitative estimate of drug-likeness (QED) is 0.794. The second-order valence-electron chi connectivity index (χ2n) is 4.39. The Morgan fingerprint density at radius 2 is 2.05 bits per heavy atom. The summed E-state index contributed by atoms with van der Waals surface area (Å²) in [6, 6.07) is 13.3. The summed E-state index contributed by atoms with van der Waals surface area (Å²) in [6.45, 7) is 0.290. The molecule has 0 radical (unpaired) electrons. The molecule has 2 aromatic rings. The van der Waals surface area contributed by atoms with Crippen LogP contribution in [0.4, 0.5) is 22.7 Å². The van der Waals surface area contributed by atoms with Crippen molar-refractivity contribution < 1.29 is 4.79 Å². The van der Waals surface area contributed by atoms with Crippen molar-refractivity contribution in [2.24, 2.45) is 0 Å². The summed E-state index contributed by atoms with van der Waals surface area (Å²) in [6.07, 6.45) is 0. The molecule has 4 nitrogen and oxygen atoms in total. The number of nitrogens with one attached hydrogen (secondary N) is 1. The fourth-order valence-corrected chi connectivity index (χ4v) is 2.55. The lowest BCUT2D eigenvalue weighted by Gasteiger charge is -2.31. The van der Waals surface area contributed by atoms with Gasteiger partial charge in [0, 0.05) is 15.8 Å². The first-order valence-electron chi connectivity index (χ1n) is 5.86. The van der Waals surface area contributed by atoms with Crippen LogP contribution >= 0.6 is 15.9 Å². The van der Waals surface area contributed by atoms with Gasteiger partial charge in [0.2, 0.25) is 5.91 Å². The van der Waals surface area contributed by atoms with Crippen molar-refractivity contribution in [3.05, 3.63) is 46.9 Å². The molecule has 3 rings (SSSR count). The normalized spacial score (nSPS) is 13.9. The molecule has 0 spiro atoms. The average molecular weight is 318 g/mol. The number of carbonyl (C=O) groups excluding carboxylic acids is 1. The van der Waals surface area contributed by atoms with Crippen LogP contribution < -0.4 is 16.0 Å². The van der Waals surface area contributed by atoms with Crippen LogP contribution in [-0.4, -0.2) is 12.5 Å². The number of nitrogen functional groups attached to an aromatic ring is 1. The van der Waals surface area contributed by atoms with E-state index < -0.39 is 0 Å². The number of rotatable bonds is 1. The molecule has 3 N–H and O–H groups in total. The number of carbonyl (C=O) groups is 1. The van der Waals surface area contributed by atoms with Crippen molar-refractivity contribution in [1.82, 2.24) is 0 Å². The van der Waals surface area contributed by atoms with Gasteiger partial charge in [0.05, 0.1) is 11.4 Å². The van der Waals surface area contributed by atoms with E-state index >= 15 is 0 Å². The minimum Gasteiger partial charge on any atom is -0.399 e. The third kappa shape index (κ3) is 2.29. The zero-order valence-electron chi connectivity index (χ0n) is 10.1. The molecular formula is C14H12BrN3O. The van der Waals surface area contributed by atoms with Gasteiger partial charge in [-0.2, -0.15) is 0 Å². The molecule has 0 atom stereocenters. The number of anilines is 4. The van der Waals surface area contributed by atoms with Gasteiger partial charge in [0.1, 0.15) is 6.54 Å². The Kier molecular flexibility index (Phi) is 2.91. The first kappa shape index (κ1) is 12.0. The highest BCUT2D eigenvalue weighted by atomic mass is 79.9. The highest BCUT2D eigenvalue weighted by molar-refractivity contribution is 9.10. The zero-order chi connectivity index (χ0) is 13.4. The number of nitrogens with zero attached hydrogens (tertiary/aromatic N) is 1. The standard InChI is InChI=1S/C14H12BrN3O/c15-9-4-5-13-12(6-9)17-14(19)8-18(13)11-3-1-2-10(16)7-11/h1-7H,8,16H2,(H,17,19). The molecule has 1 amide bonds. The van der Waals surface area contributed by atoms with E-state index in [1.807, 2.05) is 47.4 Å². The summed E-state index contributed by atoms with van der Waals surface area (Å²) in [5, 5.41) is 2.87. The second-order valence-corrected chi connectivity index (χ2v) is 5.31. The number of halogens is 1. The van der Waals surface area contributed by atoms with Crippen LogP contribution in [0.1, 0.15) is 0 Å². The Morgan fingerprint density at radius 1 is 1.21 bits per heavy atom. The maximum atomic E-state index is 11.8. The molecular weight excluding hydrogens is 306 g/mol. The third-order valence-corrected chi connectivity index (χ3v) is 3.50. The Morgan fingerprint density at radius 3 is 2.84 bits per heavy atom. The average Bonchev–Trinajstić information content (AvgIpc) is 2.37. The lowest BCUT2D eigenvalue weighted by atomic mass is 10.1. The molecule has 0 aromatic heterocycles. The number of fused-ring (bicyclic) bond motifs is 1. The van der Waals surface area contributed by atoms with Crippen LogP contribution in [0.15, 0.2) is 46.9 Å². The van der Waals surface area contributed by atoms with Crippen LogP contribution in [0.3, 0.4) is 0 Å². The summed E-state index contributed by atoms with van der Waals surface area (Å²) in [4.78, 5) is 13.8. The Labute approximate surface area is 119 Å². The van der Waals surface area contributed by atoms with E-state index in [2.05, 4.69) is 21.2 Å². The first-order valence-corrected chi connectivity index (χ1v) is 6.65. The van der Waals surface area contributed by atoms with Gasteiger partial charge in [0.25, 0.3) is 0 Å². The van der Waals surface area contributed by atoms with Crippen LogP contribution in [0.25, 0.3) is 0 Å². The van der Waals surface area contributed by atoms with E-state index in [-0.39, 0.29) is 12.5 Å². The Bertz CT molecular complexity index is 657. The molecule has 0 fully saturated rings. The Hall–Kier alpha value is -2.01. The van der Waals surface area contributed by atoms with Crippen molar-refractivity contribution in [2.45, 2.75) is 0 Å². The molecule has 0 bridgehead atoms. The third-order valence-electron chi connectivity index (χ3n) is 3.01. The molecule has 1 aliphatic heterocycles. The minimum atomic E-state index is -0.0342. The van der Waals surface area contributed by atoms with Gasteiger partial charge in [-0.25, -0.2) is 0 Å². The zero-order valence-corrected chi connectivity index (χ0v) is 11.6. The maximum absolute atomic E-state index is 11.8. The first-order chi connectivity index (χ1) is 9.13. The van der Waals surface area contributed by atoms with Crippen LogP contribution in [0, 0.1) is 0 Å². The lowest BCUT2D eigenvalue weighted by Crippen LogP contribution is -2.35. The molecule has 0 unspecified atom stereocenters. The molecule has 0 saturated carbocycles. The van der Waals surface area contributed by atoms with Gasteiger partial charge < -0.3 is 16.0 Å². The molecule has 19 heavy (non-hydrogen) atoms. The highest BCUT2D eigenvalue weighted by Crippen LogP contribution is 2.37. The van der Waals surface area contributed by atoms with Gasteiger partial charge in [-0.15, -0.1) is 0 Å². The SMILES string of the molecule is Nc1cccc(N2CC(=O)Nc3cc(Br)ccc32)c1. The van der Waals surface area contributed by atoms with Gasteiger partial charge in [-0.3, -0.25) is 4.79 Å². The largest absolute Gasteiger partial charge is 0.399 e. The number of hydrogen-bond donors (Lipinski definition) is 2. The molecule has 1 heterocycles. The van der Waals surface area contributed by atoms with E-state index in [4.69, 9.17) is 5.73 Å². The predicted octanol–water partition coefficient (Wildman–Crippen LogP) is 3.12. The van der Waals surface area contributed by atoms with Gasteiger partial charge in [0.15, 0.2) is 0 Å². The topological polar surface area (TPSA) is 58.4 Å².